The lowest BCUT2D eigenvalue weighted by molar-refractivity contribution is -0.385. The van der Waals surface area contributed by atoms with Gasteiger partial charge in [0.15, 0.2) is 0 Å². The highest BCUT2D eigenvalue weighted by Crippen LogP contribution is 2.26. The van der Waals surface area contributed by atoms with Crippen LogP contribution in [0.4, 0.5) is 5.69 Å². The van der Waals surface area contributed by atoms with Crippen molar-refractivity contribution in [3.63, 3.8) is 0 Å². The van der Waals surface area contributed by atoms with Gasteiger partial charge in [0.25, 0.3) is 0 Å². The second-order valence-corrected chi connectivity index (χ2v) is 3.48. The maximum atomic E-state index is 11.7. The van der Waals surface area contributed by atoms with Gasteiger partial charge in [-0.3, -0.25) is 10.1 Å². The van der Waals surface area contributed by atoms with E-state index in [4.69, 9.17) is 10.00 Å². The van der Waals surface area contributed by atoms with Gasteiger partial charge in [-0.15, -0.1) is 0 Å². The number of ether oxygens (including phenoxy) is 1. The van der Waals surface area contributed by atoms with Gasteiger partial charge < -0.3 is 4.74 Å². The molecule has 0 aromatic heterocycles. The van der Waals surface area contributed by atoms with Crippen molar-refractivity contribution in [2.45, 2.75) is 20.3 Å². The van der Waals surface area contributed by atoms with Gasteiger partial charge in [-0.1, -0.05) is 6.92 Å². The first kappa shape index (κ1) is 13.6. The third kappa shape index (κ3) is 2.63. The molecule has 6 nitrogen and oxygen atoms in total. The number of esters is 1. The van der Waals surface area contributed by atoms with E-state index in [0.29, 0.717) is 12.0 Å². The van der Waals surface area contributed by atoms with Crippen molar-refractivity contribution < 1.29 is 14.5 Å². The van der Waals surface area contributed by atoms with Gasteiger partial charge >= 0.3 is 11.7 Å². The maximum Gasteiger partial charge on any atom is 0.345 e. The van der Waals surface area contributed by atoms with Crippen molar-refractivity contribution in [1.29, 1.82) is 5.26 Å². The number of hydrogen-bond donors (Lipinski definition) is 0. The van der Waals surface area contributed by atoms with E-state index >= 15 is 0 Å². The summed E-state index contributed by atoms with van der Waals surface area (Å²) < 4.78 is 4.76. The van der Waals surface area contributed by atoms with Crippen molar-refractivity contribution in [2.24, 2.45) is 0 Å². The summed E-state index contributed by atoms with van der Waals surface area (Å²) in [5.74, 6) is -0.781. The number of hydrogen-bond acceptors (Lipinski definition) is 5. The molecule has 0 aliphatic heterocycles. The fourth-order valence-corrected chi connectivity index (χ4v) is 1.54. The second kappa shape index (κ2) is 5.77. The SMILES string of the molecule is CCOC(=O)c1cc(CC)cc(C#N)c1[N+](=O)[O-]. The molecule has 94 valence electrons. The molecule has 1 aromatic rings. The molecule has 0 atom stereocenters. The van der Waals surface area contributed by atoms with E-state index in [1.165, 1.54) is 12.1 Å². The fourth-order valence-electron chi connectivity index (χ4n) is 1.54. The predicted octanol–water partition coefficient (Wildman–Crippen LogP) is 2.21. The van der Waals surface area contributed by atoms with Crippen LogP contribution in [0.1, 0.15) is 35.3 Å². The molecular weight excluding hydrogens is 236 g/mol. The molecule has 18 heavy (non-hydrogen) atoms. The third-order valence-corrected chi connectivity index (χ3v) is 2.38. The lowest BCUT2D eigenvalue weighted by Gasteiger charge is -2.06. The first-order valence-corrected chi connectivity index (χ1v) is 5.43. The van der Waals surface area contributed by atoms with Crippen molar-refractivity contribution in [3.8, 4) is 6.07 Å². The number of carbonyl (C=O) groups excluding carboxylic acids is 1. The van der Waals surface area contributed by atoms with Gasteiger partial charge in [-0.05, 0) is 31.0 Å². The van der Waals surface area contributed by atoms with Crippen LogP contribution in [0.2, 0.25) is 0 Å². The largest absolute Gasteiger partial charge is 0.462 e. The van der Waals surface area contributed by atoms with Crippen LogP contribution in [0.15, 0.2) is 12.1 Å². The van der Waals surface area contributed by atoms with E-state index in [1.54, 1.807) is 13.0 Å². The molecule has 0 amide bonds. The predicted molar refractivity (Wildman–Crippen MR) is 63.1 cm³/mol. The molecule has 1 rings (SSSR count). The smallest absolute Gasteiger partial charge is 0.345 e. The summed E-state index contributed by atoms with van der Waals surface area (Å²) in [4.78, 5) is 21.9. The Labute approximate surface area is 104 Å². The summed E-state index contributed by atoms with van der Waals surface area (Å²) >= 11 is 0. The molecule has 0 fully saturated rings. The van der Waals surface area contributed by atoms with E-state index in [2.05, 4.69) is 0 Å². The highest BCUT2D eigenvalue weighted by atomic mass is 16.6. The second-order valence-electron chi connectivity index (χ2n) is 3.48. The first-order valence-electron chi connectivity index (χ1n) is 5.43. The number of nitrogens with zero attached hydrogens (tertiary/aromatic N) is 2. The minimum absolute atomic E-state index is 0.119. The number of rotatable bonds is 4. The molecule has 0 heterocycles. The molecular formula is C12H12N2O4. The Morgan fingerprint density at radius 3 is 2.61 bits per heavy atom. The van der Waals surface area contributed by atoms with Crippen molar-refractivity contribution in [2.75, 3.05) is 6.61 Å². The molecule has 0 aliphatic carbocycles. The van der Waals surface area contributed by atoms with Crippen molar-refractivity contribution in [3.05, 3.63) is 38.9 Å². The van der Waals surface area contributed by atoms with Gasteiger partial charge in [0, 0.05) is 0 Å². The number of benzene rings is 1. The summed E-state index contributed by atoms with van der Waals surface area (Å²) in [5.41, 5.74) is -0.103. The van der Waals surface area contributed by atoms with Crippen LogP contribution in [0, 0.1) is 21.4 Å². The standard InChI is InChI=1S/C12H12N2O4/c1-3-8-5-9(7-13)11(14(16)17)10(6-8)12(15)18-4-2/h5-6H,3-4H2,1-2H3. The molecule has 0 saturated carbocycles. The highest BCUT2D eigenvalue weighted by Gasteiger charge is 2.26. The molecule has 0 radical (unpaired) electrons. The Morgan fingerprint density at radius 1 is 1.50 bits per heavy atom. The first-order chi connectivity index (χ1) is 8.54. The number of aryl methyl sites for hydroxylation is 1. The van der Waals surface area contributed by atoms with Crippen molar-refractivity contribution >= 4 is 11.7 Å². The number of nitro benzene ring substituents is 1. The number of carbonyl (C=O) groups is 1. The molecule has 6 heteroatoms. The quantitative estimate of drug-likeness (QED) is 0.462. The van der Waals surface area contributed by atoms with E-state index < -0.39 is 16.6 Å². The van der Waals surface area contributed by atoms with E-state index in [1.807, 2.05) is 6.92 Å². The molecule has 0 bridgehead atoms. The van der Waals surface area contributed by atoms with Crippen LogP contribution in [-0.4, -0.2) is 17.5 Å². The Morgan fingerprint density at radius 2 is 2.17 bits per heavy atom. The van der Waals surface area contributed by atoms with Gasteiger partial charge in [0.1, 0.15) is 17.2 Å². The summed E-state index contributed by atoms with van der Waals surface area (Å²) in [5, 5.41) is 19.9. The van der Waals surface area contributed by atoms with Crippen LogP contribution in [-0.2, 0) is 11.2 Å². The average Bonchev–Trinajstić information content (AvgIpc) is 2.36. The van der Waals surface area contributed by atoms with Gasteiger partial charge in [0.05, 0.1) is 11.5 Å². The van der Waals surface area contributed by atoms with Crippen LogP contribution >= 0.6 is 0 Å². The van der Waals surface area contributed by atoms with Gasteiger partial charge in [-0.2, -0.15) is 5.26 Å². The third-order valence-electron chi connectivity index (χ3n) is 2.38. The van der Waals surface area contributed by atoms with E-state index in [-0.39, 0.29) is 17.7 Å². The van der Waals surface area contributed by atoms with E-state index in [9.17, 15) is 14.9 Å². The molecule has 0 N–H and O–H groups in total. The van der Waals surface area contributed by atoms with Crippen LogP contribution in [0.25, 0.3) is 0 Å². The Hall–Kier alpha value is -2.42. The summed E-state index contributed by atoms with van der Waals surface area (Å²) in [7, 11) is 0. The van der Waals surface area contributed by atoms with Gasteiger partial charge in [0.2, 0.25) is 0 Å². The average molecular weight is 248 g/mol. The van der Waals surface area contributed by atoms with E-state index in [0.717, 1.165) is 0 Å². The minimum atomic E-state index is -0.781. The zero-order chi connectivity index (χ0) is 13.7. The molecule has 1 aromatic carbocycles. The molecule has 0 spiro atoms. The maximum absolute atomic E-state index is 11.7. The van der Waals surface area contributed by atoms with Crippen LogP contribution < -0.4 is 0 Å². The normalized spacial score (nSPS) is 9.61. The Balaban J connectivity index is 3.50. The van der Waals surface area contributed by atoms with Crippen LogP contribution in [0.5, 0.6) is 0 Å². The van der Waals surface area contributed by atoms with Crippen LogP contribution in [0.3, 0.4) is 0 Å². The molecule has 0 aliphatic rings. The lowest BCUT2D eigenvalue weighted by atomic mass is 10.0. The number of nitriles is 1. The Bertz CT molecular complexity index is 532. The van der Waals surface area contributed by atoms with Gasteiger partial charge in [-0.25, -0.2) is 4.79 Å². The summed E-state index contributed by atoms with van der Waals surface area (Å²) in [6, 6.07) is 4.56. The topological polar surface area (TPSA) is 93.2 Å². The lowest BCUT2D eigenvalue weighted by Crippen LogP contribution is -2.10. The zero-order valence-electron chi connectivity index (χ0n) is 10.1. The van der Waals surface area contributed by atoms with Crippen molar-refractivity contribution in [1.82, 2.24) is 0 Å². The zero-order valence-corrected chi connectivity index (χ0v) is 10.1. The summed E-state index contributed by atoms with van der Waals surface area (Å²) in [6.45, 7) is 3.56. The highest BCUT2D eigenvalue weighted by molar-refractivity contribution is 5.95. The minimum Gasteiger partial charge on any atom is -0.462 e. The Kier molecular flexibility index (Phi) is 4.38. The summed E-state index contributed by atoms with van der Waals surface area (Å²) in [6.07, 6.45) is 0.569. The number of nitro groups is 1. The molecule has 0 saturated heterocycles. The monoisotopic (exact) mass is 248 g/mol. The molecule has 0 unspecified atom stereocenters. The fraction of sp³-hybridized carbons (Fsp3) is 0.333.